The van der Waals surface area contributed by atoms with Gasteiger partial charge in [0.2, 0.25) is 17.6 Å². The van der Waals surface area contributed by atoms with Crippen molar-refractivity contribution >= 4 is 5.95 Å². The molecule has 0 amide bonds. The summed E-state index contributed by atoms with van der Waals surface area (Å²) in [6.45, 7) is 0. The van der Waals surface area contributed by atoms with E-state index in [0.29, 0.717) is 0 Å². The SMILES string of the molecule is Nc1nccc(Oc2cccc(F)c2F)n1. The molecule has 0 unspecified atom stereocenters. The third kappa shape index (κ3) is 2.05. The van der Waals surface area contributed by atoms with Crippen molar-refractivity contribution in [3.05, 3.63) is 42.1 Å². The minimum Gasteiger partial charge on any atom is -0.436 e. The normalized spacial score (nSPS) is 10.1. The largest absolute Gasteiger partial charge is 0.436 e. The lowest BCUT2D eigenvalue weighted by Crippen LogP contribution is -1.97. The molecule has 0 aliphatic rings. The number of nitrogen functional groups attached to an aromatic ring is 1. The van der Waals surface area contributed by atoms with E-state index in [1.165, 1.54) is 24.4 Å². The van der Waals surface area contributed by atoms with Gasteiger partial charge in [0.05, 0.1) is 0 Å². The molecule has 1 aromatic heterocycles. The maximum Gasteiger partial charge on any atom is 0.224 e. The van der Waals surface area contributed by atoms with E-state index in [-0.39, 0.29) is 17.6 Å². The van der Waals surface area contributed by atoms with Gasteiger partial charge in [-0.2, -0.15) is 9.37 Å². The van der Waals surface area contributed by atoms with Crippen LogP contribution >= 0.6 is 0 Å². The van der Waals surface area contributed by atoms with Gasteiger partial charge in [-0.25, -0.2) is 9.37 Å². The number of hydrogen-bond donors (Lipinski definition) is 1. The zero-order chi connectivity index (χ0) is 11.5. The lowest BCUT2D eigenvalue weighted by atomic mass is 10.3. The Morgan fingerprint density at radius 3 is 2.75 bits per heavy atom. The predicted octanol–water partition coefficient (Wildman–Crippen LogP) is 2.13. The average molecular weight is 223 g/mol. The molecular weight excluding hydrogens is 216 g/mol. The van der Waals surface area contributed by atoms with Gasteiger partial charge < -0.3 is 10.5 Å². The van der Waals surface area contributed by atoms with Gasteiger partial charge in [0.15, 0.2) is 11.6 Å². The first-order valence-corrected chi connectivity index (χ1v) is 4.37. The van der Waals surface area contributed by atoms with E-state index in [0.717, 1.165) is 6.07 Å². The zero-order valence-corrected chi connectivity index (χ0v) is 8.02. The minimum absolute atomic E-state index is 0.00527. The highest BCUT2D eigenvalue weighted by Gasteiger charge is 2.10. The predicted molar refractivity (Wildman–Crippen MR) is 52.9 cm³/mol. The van der Waals surface area contributed by atoms with Crippen LogP contribution in [0.3, 0.4) is 0 Å². The summed E-state index contributed by atoms with van der Waals surface area (Å²) in [5.74, 6) is -2.26. The molecule has 16 heavy (non-hydrogen) atoms. The molecule has 1 heterocycles. The number of anilines is 1. The molecule has 6 heteroatoms. The summed E-state index contributed by atoms with van der Waals surface area (Å²) in [6.07, 6.45) is 1.36. The summed E-state index contributed by atoms with van der Waals surface area (Å²) in [6, 6.07) is 5.01. The highest BCUT2D eigenvalue weighted by Crippen LogP contribution is 2.24. The van der Waals surface area contributed by atoms with Crippen LogP contribution in [0, 0.1) is 11.6 Å². The van der Waals surface area contributed by atoms with Crippen LogP contribution < -0.4 is 10.5 Å². The molecule has 0 saturated heterocycles. The summed E-state index contributed by atoms with van der Waals surface area (Å²) in [4.78, 5) is 7.33. The molecule has 0 fully saturated rings. The van der Waals surface area contributed by atoms with Crippen LogP contribution in [0.1, 0.15) is 0 Å². The first-order valence-electron chi connectivity index (χ1n) is 4.37. The molecule has 0 radical (unpaired) electrons. The number of ether oxygens (including phenoxy) is 1. The number of halogens is 2. The second-order valence-corrected chi connectivity index (χ2v) is 2.91. The smallest absolute Gasteiger partial charge is 0.224 e. The topological polar surface area (TPSA) is 61.0 Å². The first kappa shape index (κ1) is 10.3. The van der Waals surface area contributed by atoms with Crippen LogP contribution in [0.4, 0.5) is 14.7 Å². The Labute approximate surface area is 89.7 Å². The van der Waals surface area contributed by atoms with Crippen LogP contribution in [0.15, 0.2) is 30.5 Å². The maximum atomic E-state index is 13.2. The molecular formula is C10H7F2N3O. The number of nitrogens with zero attached hydrogens (tertiary/aromatic N) is 2. The Bertz CT molecular complexity index is 519. The van der Waals surface area contributed by atoms with Crippen LogP contribution in [0.5, 0.6) is 11.6 Å². The van der Waals surface area contributed by atoms with E-state index < -0.39 is 11.6 Å². The van der Waals surface area contributed by atoms with Gasteiger partial charge in [-0.1, -0.05) is 6.07 Å². The lowest BCUT2D eigenvalue weighted by Gasteiger charge is -2.05. The minimum atomic E-state index is -1.07. The van der Waals surface area contributed by atoms with E-state index in [1.54, 1.807) is 0 Å². The quantitative estimate of drug-likeness (QED) is 0.847. The Morgan fingerprint density at radius 2 is 2.00 bits per heavy atom. The summed E-state index contributed by atoms with van der Waals surface area (Å²) in [5, 5.41) is 0. The summed E-state index contributed by atoms with van der Waals surface area (Å²) in [5.41, 5.74) is 5.31. The van der Waals surface area contributed by atoms with E-state index in [9.17, 15) is 8.78 Å². The van der Waals surface area contributed by atoms with E-state index in [2.05, 4.69) is 9.97 Å². The van der Waals surface area contributed by atoms with Crippen molar-refractivity contribution in [2.24, 2.45) is 0 Å². The summed E-state index contributed by atoms with van der Waals surface area (Å²) < 4.78 is 31.1. The van der Waals surface area contributed by atoms with Gasteiger partial charge >= 0.3 is 0 Å². The van der Waals surface area contributed by atoms with E-state index in [1.807, 2.05) is 0 Å². The third-order valence-corrected chi connectivity index (χ3v) is 1.78. The fraction of sp³-hybridized carbons (Fsp3) is 0. The van der Waals surface area contributed by atoms with Crippen molar-refractivity contribution in [2.45, 2.75) is 0 Å². The fourth-order valence-electron chi connectivity index (χ4n) is 1.09. The highest BCUT2D eigenvalue weighted by atomic mass is 19.2. The van der Waals surface area contributed by atoms with Crippen LogP contribution in [-0.4, -0.2) is 9.97 Å². The van der Waals surface area contributed by atoms with Crippen molar-refractivity contribution in [1.82, 2.24) is 9.97 Å². The van der Waals surface area contributed by atoms with Crippen LogP contribution in [0.25, 0.3) is 0 Å². The molecule has 0 aliphatic carbocycles. The third-order valence-electron chi connectivity index (χ3n) is 1.78. The van der Waals surface area contributed by atoms with Crippen LogP contribution in [0.2, 0.25) is 0 Å². The second kappa shape index (κ2) is 4.09. The molecule has 2 aromatic rings. The van der Waals surface area contributed by atoms with Gasteiger partial charge in [-0.3, -0.25) is 0 Å². The van der Waals surface area contributed by atoms with Crippen molar-refractivity contribution in [3.63, 3.8) is 0 Å². The molecule has 0 atom stereocenters. The Kier molecular flexibility index (Phi) is 2.63. The van der Waals surface area contributed by atoms with E-state index >= 15 is 0 Å². The molecule has 4 nitrogen and oxygen atoms in total. The monoisotopic (exact) mass is 223 g/mol. The summed E-state index contributed by atoms with van der Waals surface area (Å²) in [7, 11) is 0. The fourth-order valence-corrected chi connectivity index (χ4v) is 1.09. The number of benzene rings is 1. The maximum absolute atomic E-state index is 13.2. The standard InChI is InChI=1S/C10H7F2N3O/c11-6-2-1-3-7(9(6)12)16-8-4-5-14-10(13)15-8/h1-5H,(H2,13,14,15). The molecule has 0 aliphatic heterocycles. The van der Waals surface area contributed by atoms with Crippen molar-refractivity contribution in [3.8, 4) is 11.6 Å². The first-order chi connectivity index (χ1) is 7.66. The average Bonchev–Trinajstić information content (AvgIpc) is 2.25. The van der Waals surface area contributed by atoms with Gasteiger partial charge in [0.25, 0.3) is 0 Å². The number of rotatable bonds is 2. The molecule has 2 N–H and O–H groups in total. The van der Waals surface area contributed by atoms with Gasteiger partial charge in [0, 0.05) is 12.3 Å². The number of hydrogen-bond acceptors (Lipinski definition) is 4. The Balaban J connectivity index is 2.31. The number of aromatic nitrogens is 2. The zero-order valence-electron chi connectivity index (χ0n) is 8.02. The molecule has 0 bridgehead atoms. The van der Waals surface area contributed by atoms with Gasteiger partial charge in [-0.15, -0.1) is 0 Å². The van der Waals surface area contributed by atoms with Gasteiger partial charge in [0.1, 0.15) is 0 Å². The molecule has 82 valence electrons. The van der Waals surface area contributed by atoms with E-state index in [4.69, 9.17) is 10.5 Å². The van der Waals surface area contributed by atoms with Crippen molar-refractivity contribution in [1.29, 1.82) is 0 Å². The highest BCUT2D eigenvalue weighted by molar-refractivity contribution is 5.30. The lowest BCUT2D eigenvalue weighted by molar-refractivity contribution is 0.405. The molecule has 2 rings (SSSR count). The van der Waals surface area contributed by atoms with Crippen molar-refractivity contribution in [2.75, 3.05) is 5.73 Å². The second-order valence-electron chi connectivity index (χ2n) is 2.91. The molecule has 1 aromatic carbocycles. The summed E-state index contributed by atoms with van der Waals surface area (Å²) >= 11 is 0. The Morgan fingerprint density at radius 1 is 1.19 bits per heavy atom. The van der Waals surface area contributed by atoms with Crippen LogP contribution in [-0.2, 0) is 0 Å². The molecule has 0 spiro atoms. The number of nitrogens with two attached hydrogens (primary N) is 1. The Hall–Kier alpha value is -2.24. The molecule has 0 saturated carbocycles. The van der Waals surface area contributed by atoms with Gasteiger partial charge in [-0.05, 0) is 12.1 Å². The van der Waals surface area contributed by atoms with Crippen molar-refractivity contribution < 1.29 is 13.5 Å².